The van der Waals surface area contributed by atoms with E-state index in [4.69, 9.17) is 0 Å². The number of hydrogen-bond donors (Lipinski definition) is 4. The van der Waals surface area contributed by atoms with Crippen LogP contribution in [0.2, 0.25) is 0 Å². The number of rotatable bonds is 13. The van der Waals surface area contributed by atoms with Crippen molar-refractivity contribution >= 4 is 53.0 Å². The molecule has 216 valence electrons. The number of nitrogens with one attached hydrogen (secondary N) is 4. The van der Waals surface area contributed by atoms with Crippen molar-refractivity contribution < 1.29 is 43.2 Å². The SMILES string of the molecule is CC(=O)C(CC(=O)NC(C)NC(=O)C(C)N1C(=O)C=CC1=O)CC(=O)NC(C)NC(=O)C(C)N1C(=O)C=CC1=O. The van der Waals surface area contributed by atoms with Gasteiger partial charge in [0.05, 0.1) is 12.3 Å². The van der Waals surface area contributed by atoms with Crippen molar-refractivity contribution in [2.75, 3.05) is 0 Å². The summed E-state index contributed by atoms with van der Waals surface area (Å²) in [6.07, 6.45) is 1.56. The second kappa shape index (κ2) is 13.4. The van der Waals surface area contributed by atoms with Crippen LogP contribution in [0.25, 0.3) is 0 Å². The highest BCUT2D eigenvalue weighted by molar-refractivity contribution is 6.15. The smallest absolute Gasteiger partial charge is 0.254 e. The summed E-state index contributed by atoms with van der Waals surface area (Å²) in [5.41, 5.74) is 0. The quantitative estimate of drug-likeness (QED) is 0.142. The highest BCUT2D eigenvalue weighted by atomic mass is 16.2. The number of carbonyl (C=O) groups excluding carboxylic acids is 9. The maximum Gasteiger partial charge on any atom is 0.254 e. The summed E-state index contributed by atoms with van der Waals surface area (Å²) in [5, 5.41) is 9.84. The zero-order valence-electron chi connectivity index (χ0n) is 22.7. The van der Waals surface area contributed by atoms with Crippen LogP contribution < -0.4 is 21.3 Å². The summed E-state index contributed by atoms with van der Waals surface area (Å²) in [6, 6.07) is -2.25. The predicted molar refractivity (Wildman–Crippen MR) is 136 cm³/mol. The first-order valence-electron chi connectivity index (χ1n) is 12.4. The molecule has 0 bridgehead atoms. The molecule has 15 heteroatoms. The molecule has 40 heavy (non-hydrogen) atoms. The fourth-order valence-corrected chi connectivity index (χ4v) is 3.97. The van der Waals surface area contributed by atoms with Crippen molar-refractivity contribution in [2.24, 2.45) is 5.92 Å². The molecule has 0 aliphatic carbocycles. The summed E-state index contributed by atoms with van der Waals surface area (Å²) in [7, 11) is 0. The van der Waals surface area contributed by atoms with Gasteiger partial charge in [0.2, 0.25) is 23.6 Å². The molecule has 2 aliphatic rings. The number of ketones is 1. The van der Waals surface area contributed by atoms with Crippen LogP contribution in [0.5, 0.6) is 0 Å². The van der Waals surface area contributed by atoms with Crippen LogP contribution in [0, 0.1) is 5.92 Å². The Morgan fingerprint density at radius 1 is 0.600 bits per heavy atom. The van der Waals surface area contributed by atoms with Gasteiger partial charge in [-0.3, -0.25) is 53.0 Å². The minimum Gasteiger partial charge on any atom is -0.336 e. The summed E-state index contributed by atoms with van der Waals surface area (Å²) >= 11 is 0. The van der Waals surface area contributed by atoms with Crippen molar-refractivity contribution in [3.63, 3.8) is 0 Å². The molecular weight excluding hydrogens is 528 g/mol. The minimum atomic E-state index is -1.12. The van der Waals surface area contributed by atoms with Gasteiger partial charge in [-0.1, -0.05) is 0 Å². The Balaban J connectivity index is 1.82. The largest absolute Gasteiger partial charge is 0.336 e. The molecule has 0 spiro atoms. The Labute approximate surface area is 229 Å². The van der Waals surface area contributed by atoms with E-state index in [1.807, 2.05) is 0 Å². The number of amides is 8. The van der Waals surface area contributed by atoms with Crippen LogP contribution in [-0.2, 0) is 43.2 Å². The topological polar surface area (TPSA) is 208 Å². The summed E-state index contributed by atoms with van der Waals surface area (Å²) in [5.74, 6) is -6.68. The van der Waals surface area contributed by atoms with E-state index in [0.29, 0.717) is 0 Å². The van der Waals surface area contributed by atoms with Crippen LogP contribution in [0.15, 0.2) is 24.3 Å². The van der Waals surface area contributed by atoms with Crippen molar-refractivity contribution in [2.45, 2.75) is 71.9 Å². The lowest BCUT2D eigenvalue weighted by Crippen LogP contribution is -2.54. The van der Waals surface area contributed by atoms with Crippen LogP contribution >= 0.6 is 0 Å². The van der Waals surface area contributed by atoms with Crippen LogP contribution in [0.4, 0.5) is 0 Å². The summed E-state index contributed by atoms with van der Waals surface area (Å²) in [4.78, 5) is 110. The average molecular weight is 561 g/mol. The number of imide groups is 2. The maximum atomic E-state index is 12.5. The molecule has 0 aromatic carbocycles. The molecule has 0 fully saturated rings. The number of hydrogen-bond acceptors (Lipinski definition) is 9. The lowest BCUT2D eigenvalue weighted by atomic mass is 9.96. The van der Waals surface area contributed by atoms with E-state index in [9.17, 15) is 43.2 Å². The van der Waals surface area contributed by atoms with E-state index < -0.39 is 83.4 Å². The van der Waals surface area contributed by atoms with Gasteiger partial charge in [-0.05, 0) is 34.6 Å². The van der Waals surface area contributed by atoms with Crippen molar-refractivity contribution in [3.05, 3.63) is 24.3 Å². The zero-order valence-corrected chi connectivity index (χ0v) is 22.7. The Bertz CT molecular complexity index is 1070. The van der Waals surface area contributed by atoms with Gasteiger partial charge in [-0.25, -0.2) is 0 Å². The molecule has 4 unspecified atom stereocenters. The third-order valence-corrected chi connectivity index (χ3v) is 6.13. The van der Waals surface area contributed by atoms with Gasteiger partial charge in [0.25, 0.3) is 23.6 Å². The van der Waals surface area contributed by atoms with Gasteiger partial charge in [-0.2, -0.15) is 0 Å². The molecule has 0 radical (unpaired) electrons. The van der Waals surface area contributed by atoms with Gasteiger partial charge in [0, 0.05) is 43.1 Å². The fourth-order valence-electron chi connectivity index (χ4n) is 3.97. The van der Waals surface area contributed by atoms with E-state index >= 15 is 0 Å². The first-order valence-corrected chi connectivity index (χ1v) is 12.4. The van der Waals surface area contributed by atoms with Crippen LogP contribution in [0.1, 0.15) is 47.5 Å². The van der Waals surface area contributed by atoms with Crippen LogP contribution in [0.3, 0.4) is 0 Å². The van der Waals surface area contributed by atoms with Gasteiger partial charge in [-0.15, -0.1) is 0 Å². The van der Waals surface area contributed by atoms with Crippen molar-refractivity contribution in [1.29, 1.82) is 0 Å². The first kappa shape index (κ1) is 31.5. The fraction of sp³-hybridized carbons (Fsp3) is 0.480. The average Bonchev–Trinajstić information content (AvgIpc) is 3.36. The molecule has 0 saturated heterocycles. The van der Waals surface area contributed by atoms with Gasteiger partial charge < -0.3 is 21.3 Å². The first-order chi connectivity index (χ1) is 18.6. The highest BCUT2D eigenvalue weighted by Gasteiger charge is 2.34. The lowest BCUT2D eigenvalue weighted by molar-refractivity contribution is -0.145. The lowest BCUT2D eigenvalue weighted by Gasteiger charge is -2.25. The van der Waals surface area contributed by atoms with E-state index in [1.54, 1.807) is 0 Å². The molecule has 0 aromatic heterocycles. The zero-order chi connectivity index (χ0) is 30.3. The molecule has 15 nitrogen and oxygen atoms in total. The third-order valence-electron chi connectivity index (χ3n) is 6.13. The molecule has 8 amide bonds. The van der Waals surface area contributed by atoms with Crippen molar-refractivity contribution in [1.82, 2.24) is 31.1 Å². The highest BCUT2D eigenvalue weighted by Crippen LogP contribution is 2.12. The van der Waals surface area contributed by atoms with Gasteiger partial charge >= 0.3 is 0 Å². The Hall–Kier alpha value is -4.69. The molecule has 2 heterocycles. The minimum absolute atomic E-state index is 0.379. The number of Topliss-reactive ketones (excluding diaryl/α,β-unsaturated/α-hetero) is 1. The Morgan fingerprint density at radius 2 is 0.900 bits per heavy atom. The molecular formula is C25H32N6O9. The third kappa shape index (κ3) is 8.15. The predicted octanol–water partition coefficient (Wildman–Crippen LogP) is -2.24. The Kier molecular flexibility index (Phi) is 10.6. The summed E-state index contributed by atoms with van der Waals surface area (Å²) in [6.45, 7) is 6.79. The normalized spacial score (nSPS) is 18.2. The van der Waals surface area contributed by atoms with Gasteiger partial charge in [0.15, 0.2) is 0 Å². The summed E-state index contributed by atoms with van der Waals surface area (Å²) < 4.78 is 0. The molecule has 0 aromatic rings. The van der Waals surface area contributed by atoms with E-state index in [0.717, 1.165) is 34.1 Å². The number of nitrogens with zero attached hydrogens (tertiary/aromatic N) is 2. The standard InChI is InChI=1S/C25H32N6O9/c1-12(30-20(35)6-7-21(30)36)24(39)28-15(4)26-18(33)10-17(14(3)32)11-19(34)27-16(5)29-25(40)13(2)31-22(37)8-9-23(31)38/h6-9,12-13,15-17H,10-11H2,1-5H3,(H,26,33)(H,27,34)(H,28,39)(H,29,40). The van der Waals surface area contributed by atoms with E-state index in [1.165, 1.54) is 34.6 Å². The Morgan fingerprint density at radius 3 is 1.18 bits per heavy atom. The maximum absolute atomic E-state index is 12.5. The number of carbonyl (C=O) groups is 9. The molecule has 0 saturated carbocycles. The molecule has 4 atom stereocenters. The van der Waals surface area contributed by atoms with E-state index in [-0.39, 0.29) is 12.8 Å². The molecule has 4 N–H and O–H groups in total. The second-order valence-corrected chi connectivity index (χ2v) is 9.42. The molecule has 2 aliphatic heterocycles. The van der Waals surface area contributed by atoms with Gasteiger partial charge in [0.1, 0.15) is 17.9 Å². The second-order valence-electron chi connectivity index (χ2n) is 9.42. The van der Waals surface area contributed by atoms with E-state index in [2.05, 4.69) is 21.3 Å². The van der Waals surface area contributed by atoms with Crippen molar-refractivity contribution in [3.8, 4) is 0 Å². The monoisotopic (exact) mass is 560 g/mol. The van der Waals surface area contributed by atoms with Crippen LogP contribution in [-0.4, -0.2) is 87.3 Å². The molecule has 2 rings (SSSR count).